The summed E-state index contributed by atoms with van der Waals surface area (Å²) in [5.74, 6) is -0.140. The number of benzene rings is 1. The Labute approximate surface area is 145 Å². The molecule has 0 saturated heterocycles. The molecule has 3 aromatic rings. The van der Waals surface area contributed by atoms with Crippen LogP contribution in [0, 0.1) is 5.21 Å². The predicted molar refractivity (Wildman–Crippen MR) is 95.6 cm³/mol. The molecule has 0 amide bonds. The van der Waals surface area contributed by atoms with E-state index in [9.17, 15) is 10.0 Å². The zero-order valence-electron chi connectivity index (χ0n) is 14.4. The zero-order valence-corrected chi connectivity index (χ0v) is 14.4. The molecule has 4 rings (SSSR count). The van der Waals surface area contributed by atoms with E-state index in [4.69, 9.17) is 0 Å². The fourth-order valence-electron chi connectivity index (χ4n) is 3.34. The van der Waals surface area contributed by atoms with Crippen LogP contribution in [0.15, 0.2) is 30.6 Å². The molecule has 0 atom stereocenters. The van der Waals surface area contributed by atoms with Crippen molar-refractivity contribution in [3.05, 3.63) is 46.9 Å². The highest BCUT2D eigenvalue weighted by Crippen LogP contribution is 2.41. The Balaban J connectivity index is 1.93. The van der Waals surface area contributed by atoms with Gasteiger partial charge in [-0.25, -0.2) is 0 Å². The average molecular weight is 337 g/mol. The van der Waals surface area contributed by atoms with Gasteiger partial charge in [0.2, 0.25) is 5.78 Å². The Morgan fingerprint density at radius 3 is 2.84 bits per heavy atom. The lowest BCUT2D eigenvalue weighted by Crippen LogP contribution is -2.28. The number of carbonyl (C=O) groups is 1. The minimum atomic E-state index is -0.140. The van der Waals surface area contributed by atoms with Gasteiger partial charge in [-0.15, -0.1) is 0 Å². The van der Waals surface area contributed by atoms with Crippen molar-refractivity contribution in [1.82, 2.24) is 14.7 Å². The molecular weight excluding hydrogens is 318 g/mol. The Morgan fingerprint density at radius 1 is 1.28 bits per heavy atom. The summed E-state index contributed by atoms with van der Waals surface area (Å²) in [4.78, 5) is 15.2. The van der Waals surface area contributed by atoms with Gasteiger partial charge < -0.3 is 15.4 Å². The third-order valence-corrected chi connectivity index (χ3v) is 4.55. The molecule has 0 aliphatic heterocycles. The average Bonchev–Trinajstić information content (AvgIpc) is 2.90. The van der Waals surface area contributed by atoms with Crippen LogP contribution in [0.4, 0.5) is 5.69 Å². The van der Waals surface area contributed by atoms with E-state index in [1.807, 2.05) is 33.3 Å². The molecule has 1 N–H and O–H groups in total. The van der Waals surface area contributed by atoms with Crippen molar-refractivity contribution in [2.45, 2.75) is 0 Å². The highest BCUT2D eigenvalue weighted by molar-refractivity contribution is 6.27. The highest BCUT2D eigenvalue weighted by atomic mass is 16.5. The predicted octanol–water partition coefficient (Wildman–Crippen LogP) is 1.39. The largest absolute Gasteiger partial charge is 0.619 e. The summed E-state index contributed by atoms with van der Waals surface area (Å²) in [6.07, 6.45) is 2.73. The number of likely N-dealkylation sites (N-methyl/N-ethyl adjacent to an activating group) is 1. The summed E-state index contributed by atoms with van der Waals surface area (Å²) >= 11 is 0. The molecule has 2 heterocycles. The van der Waals surface area contributed by atoms with E-state index in [-0.39, 0.29) is 5.78 Å². The summed E-state index contributed by atoms with van der Waals surface area (Å²) in [5.41, 5.74) is 4.13. The molecule has 0 saturated carbocycles. The molecule has 1 aromatic carbocycles. The van der Waals surface area contributed by atoms with Crippen LogP contribution in [0.5, 0.6) is 0 Å². The normalized spacial score (nSPS) is 12.7. The summed E-state index contributed by atoms with van der Waals surface area (Å²) in [7, 11) is 5.87. The van der Waals surface area contributed by atoms with Gasteiger partial charge in [0.05, 0.1) is 16.6 Å². The van der Waals surface area contributed by atoms with Crippen molar-refractivity contribution in [3.8, 4) is 11.3 Å². The van der Waals surface area contributed by atoms with Crippen LogP contribution in [0.3, 0.4) is 0 Å². The van der Waals surface area contributed by atoms with E-state index >= 15 is 0 Å². The van der Waals surface area contributed by atoms with Gasteiger partial charge in [0.1, 0.15) is 5.69 Å². The van der Waals surface area contributed by atoms with Gasteiger partial charge in [-0.2, -0.15) is 9.83 Å². The second-order valence-corrected chi connectivity index (χ2v) is 6.55. The number of hydrogen-bond donors (Lipinski definition) is 1. The topological polar surface area (TPSA) is 77.1 Å². The minimum absolute atomic E-state index is 0.140. The lowest BCUT2D eigenvalue weighted by atomic mass is 9.87. The van der Waals surface area contributed by atoms with Crippen molar-refractivity contribution in [1.29, 1.82) is 0 Å². The molecule has 7 heteroatoms. The SMILES string of the molecule is CN(C)CCNc1ccc2c3c(nn2C)-c2cc[n+]([O-])cc2C(=O)c13. The number of pyridine rings is 1. The molecule has 2 aromatic heterocycles. The molecule has 0 fully saturated rings. The third kappa shape index (κ3) is 2.35. The van der Waals surface area contributed by atoms with Crippen LogP contribution in [-0.4, -0.2) is 47.6 Å². The number of hydrogen-bond acceptors (Lipinski definition) is 5. The van der Waals surface area contributed by atoms with E-state index in [1.165, 1.54) is 12.4 Å². The summed E-state index contributed by atoms with van der Waals surface area (Å²) in [6, 6.07) is 5.55. The van der Waals surface area contributed by atoms with Crippen LogP contribution in [0.1, 0.15) is 15.9 Å². The van der Waals surface area contributed by atoms with Crippen LogP contribution < -0.4 is 10.0 Å². The molecule has 0 unspecified atom stereocenters. The quantitative estimate of drug-likeness (QED) is 0.450. The maximum atomic E-state index is 13.1. The molecule has 1 aliphatic rings. The number of fused-ring (bicyclic) bond motifs is 2. The first kappa shape index (κ1) is 15.6. The van der Waals surface area contributed by atoms with E-state index in [1.54, 1.807) is 10.7 Å². The summed E-state index contributed by atoms with van der Waals surface area (Å²) < 4.78 is 2.43. The lowest BCUT2D eigenvalue weighted by Gasteiger charge is -2.18. The number of ketones is 1. The maximum Gasteiger partial charge on any atom is 0.202 e. The van der Waals surface area contributed by atoms with Crippen LogP contribution in [0.25, 0.3) is 22.2 Å². The molecule has 25 heavy (non-hydrogen) atoms. The van der Waals surface area contributed by atoms with Gasteiger partial charge >= 0.3 is 0 Å². The van der Waals surface area contributed by atoms with E-state index in [0.717, 1.165) is 35.4 Å². The van der Waals surface area contributed by atoms with Crippen molar-refractivity contribution in [2.75, 3.05) is 32.5 Å². The first-order valence-electron chi connectivity index (χ1n) is 8.13. The monoisotopic (exact) mass is 337 g/mol. The maximum absolute atomic E-state index is 13.1. The molecule has 7 nitrogen and oxygen atoms in total. The van der Waals surface area contributed by atoms with E-state index < -0.39 is 0 Å². The summed E-state index contributed by atoms with van der Waals surface area (Å²) in [5, 5.41) is 20.5. The number of aryl methyl sites for hydroxylation is 1. The first-order chi connectivity index (χ1) is 12.0. The van der Waals surface area contributed by atoms with Gasteiger partial charge in [-0.3, -0.25) is 9.48 Å². The number of nitrogens with one attached hydrogen (secondary N) is 1. The van der Waals surface area contributed by atoms with Crippen molar-refractivity contribution < 1.29 is 9.52 Å². The highest BCUT2D eigenvalue weighted by Gasteiger charge is 2.32. The number of rotatable bonds is 4. The van der Waals surface area contributed by atoms with E-state index in [0.29, 0.717) is 21.4 Å². The minimum Gasteiger partial charge on any atom is -0.619 e. The smallest absolute Gasteiger partial charge is 0.202 e. The standard InChI is InChI=1S/C18H19N5O2/c1-21(2)9-7-19-13-4-5-14-16-15(13)18(24)12-10-23(25)8-6-11(12)17(16)20-22(14)3/h4-6,8,10,19H,7,9H2,1-3H3. The van der Waals surface area contributed by atoms with Crippen LogP contribution in [-0.2, 0) is 7.05 Å². The Kier molecular flexibility index (Phi) is 3.47. The Hall–Kier alpha value is -2.93. The molecule has 0 radical (unpaired) electrons. The second-order valence-electron chi connectivity index (χ2n) is 6.55. The summed E-state index contributed by atoms with van der Waals surface area (Å²) in [6.45, 7) is 1.57. The lowest BCUT2D eigenvalue weighted by molar-refractivity contribution is -0.605. The zero-order chi connectivity index (χ0) is 17.7. The van der Waals surface area contributed by atoms with Crippen molar-refractivity contribution in [2.24, 2.45) is 7.05 Å². The van der Waals surface area contributed by atoms with Crippen LogP contribution in [0.2, 0.25) is 0 Å². The van der Waals surface area contributed by atoms with E-state index in [2.05, 4.69) is 15.3 Å². The van der Waals surface area contributed by atoms with Gasteiger partial charge in [-0.05, 0) is 26.2 Å². The van der Waals surface area contributed by atoms with Crippen LogP contribution >= 0.6 is 0 Å². The van der Waals surface area contributed by atoms with Gasteiger partial charge in [0, 0.05) is 42.8 Å². The number of nitrogens with zero attached hydrogens (tertiary/aromatic N) is 4. The fraction of sp³-hybridized carbons (Fsp3) is 0.278. The third-order valence-electron chi connectivity index (χ3n) is 4.55. The fourth-order valence-corrected chi connectivity index (χ4v) is 3.34. The number of anilines is 1. The van der Waals surface area contributed by atoms with Gasteiger partial charge in [0.15, 0.2) is 12.4 Å². The molecule has 128 valence electrons. The molecule has 0 spiro atoms. The van der Waals surface area contributed by atoms with Gasteiger partial charge in [-0.1, -0.05) is 0 Å². The Bertz CT molecular complexity index is 1010. The molecule has 1 aliphatic carbocycles. The second kappa shape index (κ2) is 5.56. The van der Waals surface area contributed by atoms with Crippen molar-refractivity contribution in [3.63, 3.8) is 0 Å². The Morgan fingerprint density at radius 2 is 2.08 bits per heavy atom. The first-order valence-corrected chi connectivity index (χ1v) is 8.13. The number of carbonyl (C=O) groups excluding carboxylic acids is 1. The van der Waals surface area contributed by atoms with Crippen molar-refractivity contribution >= 4 is 22.4 Å². The molecule has 0 bridgehead atoms. The molecular formula is C18H19N5O2. The van der Waals surface area contributed by atoms with Gasteiger partial charge in [0.25, 0.3) is 0 Å². The number of aromatic nitrogens is 3.